The van der Waals surface area contributed by atoms with Gasteiger partial charge in [-0.3, -0.25) is 0 Å². The molecule has 1 heterocycles. The monoisotopic (exact) mass is 350 g/mol. The summed E-state index contributed by atoms with van der Waals surface area (Å²) in [5.74, 6) is -1.00. The van der Waals surface area contributed by atoms with Crippen LogP contribution in [0.1, 0.15) is 18.4 Å². The smallest absolute Gasteiger partial charge is 0.214 e. The first kappa shape index (κ1) is 17.3. The second-order valence-electron chi connectivity index (χ2n) is 5.20. The Labute approximate surface area is 130 Å². The summed E-state index contributed by atoms with van der Waals surface area (Å²) in [5, 5.41) is 0. The summed E-state index contributed by atoms with van der Waals surface area (Å²) >= 11 is 0. The summed E-state index contributed by atoms with van der Waals surface area (Å²) in [7, 11) is -7.05. The lowest BCUT2D eigenvalue weighted by Crippen LogP contribution is -2.36. The van der Waals surface area contributed by atoms with E-state index >= 15 is 0 Å². The van der Waals surface area contributed by atoms with Crippen molar-refractivity contribution in [2.45, 2.75) is 18.6 Å². The topological polar surface area (TPSA) is 83.5 Å². The maximum atomic E-state index is 12.8. The van der Waals surface area contributed by atoms with Crippen LogP contribution in [0.25, 0.3) is 0 Å². The SMILES string of the molecule is O=S(=O)(Cc1ccc(F)cc1)NCCS(=O)(=O)N1CCCC1. The third-order valence-electron chi connectivity index (χ3n) is 3.41. The lowest BCUT2D eigenvalue weighted by Gasteiger charge is -2.15. The van der Waals surface area contributed by atoms with Crippen LogP contribution >= 0.6 is 0 Å². The van der Waals surface area contributed by atoms with Crippen LogP contribution in [-0.2, 0) is 25.8 Å². The molecular weight excluding hydrogens is 331 g/mol. The molecule has 0 aromatic heterocycles. The summed E-state index contributed by atoms with van der Waals surface area (Å²) < 4.78 is 64.1. The maximum absolute atomic E-state index is 12.8. The molecule has 1 aliphatic heterocycles. The van der Waals surface area contributed by atoms with E-state index in [-0.39, 0.29) is 18.1 Å². The molecule has 1 aromatic carbocycles. The van der Waals surface area contributed by atoms with Gasteiger partial charge in [-0.1, -0.05) is 12.1 Å². The van der Waals surface area contributed by atoms with Gasteiger partial charge in [-0.25, -0.2) is 30.3 Å². The zero-order chi connectivity index (χ0) is 16.2. The number of hydrogen-bond donors (Lipinski definition) is 1. The van der Waals surface area contributed by atoms with Crippen molar-refractivity contribution < 1.29 is 21.2 Å². The third kappa shape index (κ3) is 5.01. The van der Waals surface area contributed by atoms with Crippen LogP contribution in [0.4, 0.5) is 4.39 Å². The molecule has 0 unspecified atom stereocenters. The van der Waals surface area contributed by atoms with E-state index in [1.807, 2.05) is 0 Å². The highest BCUT2D eigenvalue weighted by atomic mass is 32.2. The molecule has 0 bridgehead atoms. The molecule has 0 aliphatic carbocycles. The molecule has 1 N–H and O–H groups in total. The molecule has 1 aliphatic rings. The Morgan fingerprint density at radius 1 is 1.05 bits per heavy atom. The van der Waals surface area contributed by atoms with E-state index in [1.54, 1.807) is 0 Å². The Kier molecular flexibility index (Phi) is 5.54. The van der Waals surface area contributed by atoms with Gasteiger partial charge in [0.25, 0.3) is 0 Å². The lowest BCUT2D eigenvalue weighted by atomic mass is 10.2. The van der Waals surface area contributed by atoms with Gasteiger partial charge in [0, 0.05) is 19.6 Å². The van der Waals surface area contributed by atoms with Gasteiger partial charge in [-0.15, -0.1) is 0 Å². The minimum Gasteiger partial charge on any atom is -0.214 e. The highest BCUT2D eigenvalue weighted by Crippen LogP contribution is 2.13. The molecule has 0 atom stereocenters. The van der Waals surface area contributed by atoms with Crippen molar-refractivity contribution in [3.05, 3.63) is 35.6 Å². The van der Waals surface area contributed by atoms with E-state index in [9.17, 15) is 21.2 Å². The first-order chi connectivity index (χ1) is 10.3. The van der Waals surface area contributed by atoms with Gasteiger partial charge in [0.1, 0.15) is 5.82 Å². The number of nitrogens with zero attached hydrogens (tertiary/aromatic N) is 1. The molecule has 6 nitrogen and oxygen atoms in total. The van der Waals surface area contributed by atoms with E-state index in [0.29, 0.717) is 18.7 Å². The zero-order valence-electron chi connectivity index (χ0n) is 12.0. The molecule has 0 spiro atoms. The Morgan fingerprint density at radius 2 is 1.64 bits per heavy atom. The highest BCUT2D eigenvalue weighted by Gasteiger charge is 2.25. The van der Waals surface area contributed by atoms with Crippen molar-refractivity contribution >= 4 is 20.0 Å². The average molecular weight is 350 g/mol. The van der Waals surface area contributed by atoms with Gasteiger partial charge >= 0.3 is 0 Å². The molecule has 2 rings (SSSR count). The van der Waals surface area contributed by atoms with Crippen LogP contribution in [0.2, 0.25) is 0 Å². The van der Waals surface area contributed by atoms with E-state index in [4.69, 9.17) is 0 Å². The Hall–Kier alpha value is -1.03. The van der Waals surface area contributed by atoms with Gasteiger partial charge in [-0.2, -0.15) is 0 Å². The highest BCUT2D eigenvalue weighted by molar-refractivity contribution is 7.89. The number of sulfonamides is 2. The first-order valence-corrected chi connectivity index (χ1v) is 10.2. The quantitative estimate of drug-likeness (QED) is 0.783. The van der Waals surface area contributed by atoms with Crippen LogP contribution < -0.4 is 4.72 Å². The minimum atomic E-state index is -3.65. The maximum Gasteiger partial charge on any atom is 0.215 e. The van der Waals surface area contributed by atoms with Gasteiger partial charge in [0.05, 0.1) is 11.5 Å². The molecule has 9 heteroatoms. The standard InChI is InChI=1S/C13H19FN2O4S2/c14-13-5-3-12(4-6-13)11-21(17,18)15-7-10-22(19,20)16-8-1-2-9-16/h3-6,15H,1-2,7-11H2. The van der Waals surface area contributed by atoms with E-state index in [2.05, 4.69) is 4.72 Å². The predicted molar refractivity (Wildman–Crippen MR) is 81.6 cm³/mol. The average Bonchev–Trinajstić information content (AvgIpc) is 2.95. The van der Waals surface area contributed by atoms with E-state index in [0.717, 1.165) is 12.8 Å². The summed E-state index contributed by atoms with van der Waals surface area (Å²) in [5.41, 5.74) is 0.441. The summed E-state index contributed by atoms with van der Waals surface area (Å²) in [4.78, 5) is 0. The fourth-order valence-electron chi connectivity index (χ4n) is 2.27. The molecular formula is C13H19FN2O4S2. The molecule has 0 radical (unpaired) electrons. The summed E-state index contributed by atoms with van der Waals surface area (Å²) in [6, 6.07) is 5.14. The molecule has 1 aromatic rings. The van der Waals surface area contributed by atoms with Crippen molar-refractivity contribution in [1.82, 2.24) is 9.03 Å². The summed E-state index contributed by atoms with van der Waals surface area (Å²) in [6.07, 6.45) is 1.69. The normalized spacial score (nSPS) is 17.0. The molecule has 1 fully saturated rings. The lowest BCUT2D eigenvalue weighted by molar-refractivity contribution is 0.477. The predicted octanol–water partition coefficient (Wildman–Crippen LogP) is 0.671. The molecule has 0 saturated carbocycles. The van der Waals surface area contributed by atoms with E-state index in [1.165, 1.54) is 28.6 Å². The Morgan fingerprint density at radius 3 is 2.23 bits per heavy atom. The van der Waals surface area contributed by atoms with Gasteiger partial charge in [-0.05, 0) is 30.5 Å². The Balaban J connectivity index is 1.86. The Bertz CT molecular complexity index is 696. The number of halogens is 1. The van der Waals surface area contributed by atoms with E-state index < -0.39 is 25.9 Å². The zero-order valence-corrected chi connectivity index (χ0v) is 13.7. The molecule has 22 heavy (non-hydrogen) atoms. The van der Waals surface area contributed by atoms with Crippen LogP contribution in [0.15, 0.2) is 24.3 Å². The summed E-state index contributed by atoms with van der Waals surface area (Å²) in [6.45, 7) is 0.845. The molecule has 124 valence electrons. The van der Waals surface area contributed by atoms with Crippen molar-refractivity contribution in [1.29, 1.82) is 0 Å². The van der Waals surface area contributed by atoms with Crippen LogP contribution in [-0.4, -0.2) is 46.5 Å². The fourth-order valence-corrected chi connectivity index (χ4v) is 4.98. The van der Waals surface area contributed by atoms with Gasteiger partial charge in [0.2, 0.25) is 20.0 Å². The van der Waals surface area contributed by atoms with Crippen LogP contribution in [0.3, 0.4) is 0 Å². The fraction of sp³-hybridized carbons (Fsp3) is 0.538. The molecule has 1 saturated heterocycles. The molecule has 0 amide bonds. The number of nitrogens with one attached hydrogen (secondary N) is 1. The first-order valence-electron chi connectivity index (χ1n) is 6.98. The second kappa shape index (κ2) is 7.03. The number of rotatable bonds is 7. The van der Waals surface area contributed by atoms with Crippen LogP contribution in [0, 0.1) is 5.82 Å². The van der Waals surface area contributed by atoms with Crippen LogP contribution in [0.5, 0.6) is 0 Å². The van der Waals surface area contributed by atoms with Crippen molar-refractivity contribution in [3.8, 4) is 0 Å². The second-order valence-corrected chi connectivity index (χ2v) is 9.10. The van der Waals surface area contributed by atoms with Crippen molar-refractivity contribution in [3.63, 3.8) is 0 Å². The van der Waals surface area contributed by atoms with Crippen molar-refractivity contribution in [2.24, 2.45) is 0 Å². The largest absolute Gasteiger partial charge is 0.215 e. The third-order valence-corrected chi connectivity index (χ3v) is 6.64. The minimum absolute atomic E-state index is 0.164. The van der Waals surface area contributed by atoms with Crippen molar-refractivity contribution in [2.75, 3.05) is 25.4 Å². The van der Waals surface area contributed by atoms with Gasteiger partial charge in [0.15, 0.2) is 0 Å². The van der Waals surface area contributed by atoms with Gasteiger partial charge < -0.3 is 0 Å². The number of hydrogen-bond acceptors (Lipinski definition) is 4. The number of benzene rings is 1.